The minimum absolute atomic E-state index is 0.123. The molecule has 0 rings (SSSR count). The van der Waals surface area contributed by atoms with Crippen molar-refractivity contribution >= 4 is 0 Å². The van der Waals surface area contributed by atoms with Crippen LogP contribution in [0.15, 0.2) is 0 Å². The Balaban J connectivity index is 4.78. The van der Waals surface area contributed by atoms with Gasteiger partial charge in [-0.2, -0.15) is 0 Å². The molecule has 1 heteroatoms. The molecule has 0 radical (unpaired) electrons. The minimum Gasteiger partial charge on any atom is -0.288 e. The quantitative estimate of drug-likeness (QED) is 0.589. The normalized spacial score (nSPS) is 11.2. The van der Waals surface area contributed by atoms with Gasteiger partial charge in [0.05, 0.1) is 5.54 Å². The summed E-state index contributed by atoms with van der Waals surface area (Å²) < 4.78 is 0. The second kappa shape index (κ2) is 6.05. The van der Waals surface area contributed by atoms with Crippen molar-refractivity contribution in [2.24, 2.45) is 0 Å². The van der Waals surface area contributed by atoms with E-state index in [2.05, 4.69) is 44.4 Å². The van der Waals surface area contributed by atoms with Gasteiger partial charge in [-0.05, 0) is 32.9 Å². The Morgan fingerprint density at radius 2 is 1.46 bits per heavy atom. The Bertz CT molecular complexity index is 177. The molecular weight excluding hydrogens is 158 g/mol. The third-order valence-electron chi connectivity index (χ3n) is 2.90. The van der Waals surface area contributed by atoms with Gasteiger partial charge < -0.3 is 0 Å². The van der Waals surface area contributed by atoms with Gasteiger partial charge >= 0.3 is 0 Å². The van der Waals surface area contributed by atoms with Gasteiger partial charge in [-0.15, -0.1) is 5.92 Å². The van der Waals surface area contributed by atoms with E-state index in [0.717, 1.165) is 25.9 Å². The van der Waals surface area contributed by atoms with Gasteiger partial charge in [-0.3, -0.25) is 4.90 Å². The maximum atomic E-state index is 3.37. The molecule has 0 aliphatic heterocycles. The van der Waals surface area contributed by atoms with Crippen molar-refractivity contribution in [3.05, 3.63) is 0 Å². The second-order valence-electron chi connectivity index (χ2n) is 3.29. The summed E-state index contributed by atoms with van der Waals surface area (Å²) in [5.74, 6) is 6.44. The molecule has 0 amide bonds. The largest absolute Gasteiger partial charge is 0.288 e. The maximum absolute atomic E-state index is 3.37. The summed E-state index contributed by atoms with van der Waals surface area (Å²) in [7, 11) is 0. The molecule has 0 unspecified atom stereocenters. The fraction of sp³-hybridized carbons (Fsp3) is 0.833. The predicted molar refractivity (Wildman–Crippen MR) is 59.7 cm³/mol. The van der Waals surface area contributed by atoms with Gasteiger partial charge in [-0.1, -0.05) is 33.6 Å². The van der Waals surface area contributed by atoms with Crippen LogP contribution in [0.25, 0.3) is 0 Å². The van der Waals surface area contributed by atoms with Crippen molar-refractivity contribution < 1.29 is 0 Å². The summed E-state index contributed by atoms with van der Waals surface area (Å²) in [6, 6.07) is 0. The Labute approximate surface area is 83.5 Å². The summed E-state index contributed by atoms with van der Waals surface area (Å²) in [4.78, 5) is 2.46. The first-order valence-electron chi connectivity index (χ1n) is 5.39. The molecule has 0 aliphatic carbocycles. The molecule has 0 N–H and O–H groups in total. The van der Waals surface area contributed by atoms with Crippen molar-refractivity contribution in [2.45, 2.75) is 53.0 Å². The predicted octanol–water partition coefficient (Wildman–Crippen LogP) is 2.91. The van der Waals surface area contributed by atoms with Crippen LogP contribution in [0.5, 0.6) is 0 Å². The molecular formula is C12H23N. The van der Waals surface area contributed by atoms with Gasteiger partial charge in [0.1, 0.15) is 0 Å². The lowest BCUT2D eigenvalue weighted by atomic mass is 9.91. The monoisotopic (exact) mass is 181 g/mol. The first-order chi connectivity index (χ1) is 6.20. The Hall–Kier alpha value is -0.480. The van der Waals surface area contributed by atoms with Crippen LogP contribution in [-0.2, 0) is 0 Å². The number of nitrogens with zero attached hydrogens (tertiary/aromatic N) is 1. The topological polar surface area (TPSA) is 3.24 Å². The zero-order chi connectivity index (χ0) is 10.3. The molecule has 0 fully saturated rings. The third kappa shape index (κ3) is 2.74. The van der Waals surface area contributed by atoms with E-state index in [0.29, 0.717) is 0 Å². The maximum Gasteiger partial charge on any atom is 0.0820 e. The van der Waals surface area contributed by atoms with Gasteiger partial charge in [0.25, 0.3) is 0 Å². The van der Waals surface area contributed by atoms with Crippen LogP contribution in [0.1, 0.15) is 47.5 Å². The lowest BCUT2D eigenvalue weighted by Gasteiger charge is -2.38. The number of hydrogen-bond acceptors (Lipinski definition) is 1. The molecule has 0 aromatic carbocycles. The third-order valence-corrected chi connectivity index (χ3v) is 2.90. The van der Waals surface area contributed by atoms with Crippen LogP contribution in [-0.4, -0.2) is 23.5 Å². The minimum atomic E-state index is 0.123. The lowest BCUT2D eigenvalue weighted by molar-refractivity contribution is 0.144. The fourth-order valence-electron chi connectivity index (χ4n) is 2.01. The summed E-state index contributed by atoms with van der Waals surface area (Å²) >= 11 is 0. The average Bonchev–Trinajstić information content (AvgIpc) is 2.18. The molecule has 0 aromatic rings. The molecule has 0 heterocycles. The van der Waals surface area contributed by atoms with Gasteiger partial charge in [0.2, 0.25) is 0 Å². The van der Waals surface area contributed by atoms with Crippen LogP contribution < -0.4 is 0 Å². The van der Waals surface area contributed by atoms with Gasteiger partial charge in [0.15, 0.2) is 0 Å². The Kier molecular flexibility index (Phi) is 5.82. The molecule has 1 nitrogen and oxygen atoms in total. The summed E-state index contributed by atoms with van der Waals surface area (Å²) in [5, 5.41) is 0. The van der Waals surface area contributed by atoms with E-state index in [1.807, 2.05) is 6.92 Å². The van der Waals surface area contributed by atoms with E-state index < -0.39 is 0 Å². The Morgan fingerprint density at radius 1 is 1.00 bits per heavy atom. The zero-order valence-electron chi connectivity index (χ0n) is 9.78. The second-order valence-corrected chi connectivity index (χ2v) is 3.29. The van der Waals surface area contributed by atoms with E-state index >= 15 is 0 Å². The van der Waals surface area contributed by atoms with E-state index in [4.69, 9.17) is 0 Å². The molecule has 76 valence electrons. The molecule has 0 spiro atoms. The summed E-state index contributed by atoms with van der Waals surface area (Å²) in [5.41, 5.74) is 0.123. The van der Waals surface area contributed by atoms with Crippen molar-refractivity contribution in [3.8, 4) is 11.8 Å². The molecule has 0 bridgehead atoms. The molecule has 0 saturated heterocycles. The van der Waals surface area contributed by atoms with Gasteiger partial charge in [0, 0.05) is 0 Å². The molecule has 13 heavy (non-hydrogen) atoms. The van der Waals surface area contributed by atoms with Crippen LogP contribution in [0.2, 0.25) is 0 Å². The van der Waals surface area contributed by atoms with Crippen molar-refractivity contribution in [1.82, 2.24) is 4.90 Å². The van der Waals surface area contributed by atoms with Crippen molar-refractivity contribution in [2.75, 3.05) is 13.1 Å². The average molecular weight is 181 g/mol. The van der Waals surface area contributed by atoms with E-state index in [1.54, 1.807) is 0 Å². The first-order valence-corrected chi connectivity index (χ1v) is 5.39. The SMILES string of the molecule is CC#CC(CC)(CC)N(CC)CC. The lowest BCUT2D eigenvalue weighted by Crippen LogP contribution is -2.46. The van der Waals surface area contributed by atoms with Gasteiger partial charge in [-0.25, -0.2) is 0 Å². The molecule has 0 saturated carbocycles. The van der Waals surface area contributed by atoms with Crippen molar-refractivity contribution in [1.29, 1.82) is 0 Å². The highest BCUT2D eigenvalue weighted by molar-refractivity contribution is 5.16. The highest BCUT2D eigenvalue weighted by Gasteiger charge is 2.28. The van der Waals surface area contributed by atoms with E-state index in [-0.39, 0.29) is 5.54 Å². The summed E-state index contributed by atoms with van der Waals surface area (Å²) in [6.07, 6.45) is 2.23. The highest BCUT2D eigenvalue weighted by atomic mass is 15.2. The van der Waals surface area contributed by atoms with E-state index in [1.165, 1.54) is 0 Å². The van der Waals surface area contributed by atoms with E-state index in [9.17, 15) is 0 Å². The fourth-order valence-corrected chi connectivity index (χ4v) is 2.01. The van der Waals surface area contributed by atoms with Crippen LogP contribution >= 0.6 is 0 Å². The van der Waals surface area contributed by atoms with Crippen LogP contribution in [0.4, 0.5) is 0 Å². The Morgan fingerprint density at radius 3 is 1.69 bits per heavy atom. The first kappa shape index (κ1) is 12.5. The summed E-state index contributed by atoms with van der Waals surface area (Å²) in [6.45, 7) is 13.0. The molecule has 0 aliphatic rings. The van der Waals surface area contributed by atoms with Crippen molar-refractivity contribution in [3.63, 3.8) is 0 Å². The van der Waals surface area contributed by atoms with Crippen LogP contribution in [0, 0.1) is 11.8 Å². The number of rotatable bonds is 5. The molecule has 0 atom stereocenters. The standard InChI is InChI=1S/C12H23N/c1-6-11-12(7-2,8-3)13(9-4)10-5/h7-10H2,1-5H3. The highest BCUT2D eigenvalue weighted by Crippen LogP contribution is 2.22. The van der Waals surface area contributed by atoms with Crippen LogP contribution in [0.3, 0.4) is 0 Å². The smallest absolute Gasteiger partial charge is 0.0820 e. The number of hydrogen-bond donors (Lipinski definition) is 0. The molecule has 0 aromatic heterocycles. The zero-order valence-corrected chi connectivity index (χ0v) is 9.78.